The number of nitrogens with zero attached hydrogens (tertiary/aromatic N) is 5. The molecule has 9 heteroatoms. The first kappa shape index (κ1) is 14.9. The molecule has 2 heterocycles. The van der Waals surface area contributed by atoms with E-state index in [1.54, 1.807) is 19.9 Å². The number of imidazole rings is 1. The van der Waals surface area contributed by atoms with Crippen LogP contribution >= 0.6 is 11.6 Å². The summed E-state index contributed by atoms with van der Waals surface area (Å²) >= 11 is 5.73. The molecule has 2 aromatic rings. The molecule has 108 valence electrons. The summed E-state index contributed by atoms with van der Waals surface area (Å²) in [5.74, 6) is 0.209. The molecule has 2 aromatic heterocycles. The van der Waals surface area contributed by atoms with Gasteiger partial charge in [-0.3, -0.25) is 0 Å². The third-order valence-electron chi connectivity index (χ3n) is 2.74. The second kappa shape index (κ2) is 5.86. The minimum Gasteiger partial charge on any atom is -0.234 e. The van der Waals surface area contributed by atoms with Gasteiger partial charge in [-0.25, -0.2) is 18.9 Å². The molecule has 0 unspecified atom stereocenters. The Labute approximate surface area is 122 Å². The maximum Gasteiger partial charge on any atom is 0.309 e. The van der Waals surface area contributed by atoms with E-state index in [9.17, 15) is 8.42 Å². The SMILES string of the molecule is CCN(CC)S(=O)(=O)n1ccnc1-c1ccnc(Cl)n1. The fourth-order valence-corrected chi connectivity index (χ4v) is 3.41. The van der Waals surface area contributed by atoms with E-state index in [0.717, 1.165) is 3.97 Å². The first-order chi connectivity index (χ1) is 9.50. The molecule has 0 atom stereocenters. The van der Waals surface area contributed by atoms with Crippen molar-refractivity contribution in [2.75, 3.05) is 13.1 Å². The zero-order valence-corrected chi connectivity index (χ0v) is 12.6. The Morgan fingerprint density at radius 3 is 2.55 bits per heavy atom. The van der Waals surface area contributed by atoms with Crippen LogP contribution in [0.15, 0.2) is 24.7 Å². The van der Waals surface area contributed by atoms with Gasteiger partial charge in [-0.15, -0.1) is 0 Å². The summed E-state index contributed by atoms with van der Waals surface area (Å²) in [6.07, 6.45) is 4.25. The van der Waals surface area contributed by atoms with Gasteiger partial charge >= 0.3 is 10.2 Å². The van der Waals surface area contributed by atoms with Crippen molar-refractivity contribution in [3.63, 3.8) is 0 Å². The zero-order chi connectivity index (χ0) is 14.8. The number of hydrogen-bond acceptors (Lipinski definition) is 5. The van der Waals surface area contributed by atoms with E-state index in [4.69, 9.17) is 11.6 Å². The van der Waals surface area contributed by atoms with Crippen LogP contribution < -0.4 is 0 Å². The number of halogens is 1. The molecule has 2 rings (SSSR count). The minimum absolute atomic E-state index is 0.0392. The molecule has 0 aromatic carbocycles. The molecular formula is C11H14ClN5O2S. The quantitative estimate of drug-likeness (QED) is 0.780. The number of hydrogen-bond donors (Lipinski definition) is 0. The topological polar surface area (TPSA) is 81.0 Å². The lowest BCUT2D eigenvalue weighted by Gasteiger charge is -2.19. The lowest BCUT2D eigenvalue weighted by atomic mass is 10.4. The fraction of sp³-hybridized carbons (Fsp3) is 0.364. The molecule has 0 saturated carbocycles. The predicted octanol–water partition coefficient (Wildman–Crippen LogP) is 1.43. The van der Waals surface area contributed by atoms with Crippen molar-refractivity contribution in [3.8, 4) is 11.5 Å². The highest BCUT2D eigenvalue weighted by atomic mass is 35.5. The van der Waals surface area contributed by atoms with Crippen LogP contribution in [0.25, 0.3) is 11.5 Å². The van der Waals surface area contributed by atoms with Gasteiger partial charge in [0.1, 0.15) is 5.69 Å². The van der Waals surface area contributed by atoms with Crippen LogP contribution in [0.5, 0.6) is 0 Å². The molecule has 0 aliphatic rings. The van der Waals surface area contributed by atoms with Crippen LogP contribution in [0.2, 0.25) is 5.28 Å². The molecular weight excluding hydrogens is 302 g/mol. The summed E-state index contributed by atoms with van der Waals surface area (Å²) in [5, 5.41) is 0.0392. The van der Waals surface area contributed by atoms with Crippen molar-refractivity contribution in [1.29, 1.82) is 0 Å². The second-order valence-electron chi connectivity index (χ2n) is 3.85. The number of aromatic nitrogens is 4. The molecule has 0 N–H and O–H groups in total. The predicted molar refractivity (Wildman–Crippen MR) is 75.5 cm³/mol. The molecule has 0 radical (unpaired) electrons. The molecule has 0 aliphatic carbocycles. The van der Waals surface area contributed by atoms with E-state index >= 15 is 0 Å². The molecule has 0 fully saturated rings. The van der Waals surface area contributed by atoms with Gasteiger partial charge in [0, 0.05) is 31.7 Å². The first-order valence-corrected chi connectivity index (χ1v) is 7.81. The molecule has 0 spiro atoms. The van der Waals surface area contributed by atoms with Gasteiger partial charge in [-0.2, -0.15) is 12.7 Å². The monoisotopic (exact) mass is 315 g/mol. The third kappa shape index (κ3) is 2.67. The standard InChI is InChI=1S/C11H14ClN5O2S/c1-3-16(4-2)20(18,19)17-8-7-13-10(17)9-5-6-14-11(12)15-9/h5-8H,3-4H2,1-2H3. The van der Waals surface area contributed by atoms with Crippen molar-refractivity contribution in [3.05, 3.63) is 29.9 Å². The van der Waals surface area contributed by atoms with Crippen LogP contribution in [0, 0.1) is 0 Å². The van der Waals surface area contributed by atoms with Crippen molar-refractivity contribution in [2.45, 2.75) is 13.8 Å². The van der Waals surface area contributed by atoms with Gasteiger partial charge in [-0.05, 0) is 17.7 Å². The highest BCUT2D eigenvalue weighted by Crippen LogP contribution is 2.19. The van der Waals surface area contributed by atoms with Crippen LogP contribution in [0.3, 0.4) is 0 Å². The maximum absolute atomic E-state index is 12.5. The molecule has 0 aliphatic heterocycles. The molecule has 7 nitrogen and oxygen atoms in total. The summed E-state index contributed by atoms with van der Waals surface area (Å²) < 4.78 is 27.4. The Morgan fingerprint density at radius 2 is 1.95 bits per heavy atom. The lowest BCUT2D eigenvalue weighted by Crippen LogP contribution is -2.35. The zero-order valence-electron chi connectivity index (χ0n) is 11.1. The normalized spacial score (nSPS) is 12.0. The highest BCUT2D eigenvalue weighted by molar-refractivity contribution is 7.87. The second-order valence-corrected chi connectivity index (χ2v) is 5.99. The van der Waals surface area contributed by atoms with Gasteiger partial charge in [0.15, 0.2) is 5.82 Å². The molecule has 20 heavy (non-hydrogen) atoms. The summed E-state index contributed by atoms with van der Waals surface area (Å²) in [6, 6.07) is 1.56. The van der Waals surface area contributed by atoms with Crippen molar-refractivity contribution in [2.24, 2.45) is 0 Å². The van der Waals surface area contributed by atoms with Crippen molar-refractivity contribution in [1.82, 2.24) is 23.2 Å². The van der Waals surface area contributed by atoms with Crippen LogP contribution in [0.1, 0.15) is 13.8 Å². The Morgan fingerprint density at radius 1 is 1.25 bits per heavy atom. The molecule has 0 amide bonds. The Hall–Kier alpha value is -1.51. The van der Waals surface area contributed by atoms with Gasteiger partial charge in [-0.1, -0.05) is 13.8 Å². The summed E-state index contributed by atoms with van der Waals surface area (Å²) in [7, 11) is -3.67. The van der Waals surface area contributed by atoms with E-state index in [1.807, 2.05) is 0 Å². The van der Waals surface area contributed by atoms with E-state index < -0.39 is 10.2 Å². The largest absolute Gasteiger partial charge is 0.309 e. The Kier molecular flexibility index (Phi) is 4.36. The highest BCUT2D eigenvalue weighted by Gasteiger charge is 2.24. The maximum atomic E-state index is 12.5. The average Bonchev–Trinajstić information content (AvgIpc) is 2.89. The van der Waals surface area contributed by atoms with Crippen molar-refractivity contribution < 1.29 is 8.42 Å². The van der Waals surface area contributed by atoms with Gasteiger partial charge in [0.2, 0.25) is 5.28 Å². The van der Waals surface area contributed by atoms with E-state index in [2.05, 4.69) is 15.0 Å². The lowest BCUT2D eigenvalue weighted by molar-refractivity contribution is 0.438. The van der Waals surface area contributed by atoms with Crippen LogP contribution in [0.4, 0.5) is 0 Å². The third-order valence-corrected chi connectivity index (χ3v) is 4.89. The van der Waals surface area contributed by atoms with Crippen molar-refractivity contribution >= 4 is 21.8 Å². The van der Waals surface area contributed by atoms with E-state index in [-0.39, 0.29) is 11.1 Å². The van der Waals surface area contributed by atoms with Gasteiger partial charge < -0.3 is 0 Å². The van der Waals surface area contributed by atoms with Gasteiger partial charge in [0.05, 0.1) is 0 Å². The average molecular weight is 316 g/mol. The Balaban J connectivity index is 2.54. The van der Waals surface area contributed by atoms with Crippen LogP contribution in [-0.4, -0.2) is 44.7 Å². The molecule has 0 bridgehead atoms. The van der Waals surface area contributed by atoms with E-state index in [0.29, 0.717) is 18.8 Å². The van der Waals surface area contributed by atoms with E-state index in [1.165, 1.54) is 22.9 Å². The van der Waals surface area contributed by atoms with Gasteiger partial charge in [0.25, 0.3) is 0 Å². The Bertz CT molecular complexity index is 696. The fourth-order valence-electron chi connectivity index (χ4n) is 1.79. The first-order valence-electron chi connectivity index (χ1n) is 6.03. The van der Waals surface area contributed by atoms with Crippen LogP contribution in [-0.2, 0) is 10.2 Å². The number of rotatable bonds is 5. The summed E-state index contributed by atoms with van der Waals surface area (Å²) in [6.45, 7) is 4.31. The summed E-state index contributed by atoms with van der Waals surface area (Å²) in [5.41, 5.74) is 0.353. The molecule has 0 saturated heterocycles. The minimum atomic E-state index is -3.67. The smallest absolute Gasteiger partial charge is 0.234 e. The summed E-state index contributed by atoms with van der Waals surface area (Å²) in [4.78, 5) is 11.8.